The molecule has 0 bridgehead atoms. The highest BCUT2D eigenvalue weighted by Gasteiger charge is 2.21. The standard InChI is InChI=1S/C16H17FN2O3/c1-9-7-13(10(2)19-9)15(20)18-8-14(16(21)22)11-3-5-12(17)6-4-11/h3-7,14,19H,8H2,1-2H3,(H,18,20)(H,21,22). The lowest BCUT2D eigenvalue weighted by Crippen LogP contribution is -2.31. The molecule has 1 aromatic carbocycles. The summed E-state index contributed by atoms with van der Waals surface area (Å²) in [6.07, 6.45) is 0. The Balaban J connectivity index is 2.09. The van der Waals surface area contributed by atoms with Gasteiger partial charge in [-0.1, -0.05) is 12.1 Å². The number of nitrogens with one attached hydrogen (secondary N) is 2. The quantitative estimate of drug-likeness (QED) is 0.793. The van der Waals surface area contributed by atoms with Crippen molar-refractivity contribution in [2.45, 2.75) is 19.8 Å². The van der Waals surface area contributed by atoms with Gasteiger partial charge in [-0.3, -0.25) is 9.59 Å². The Morgan fingerprint density at radius 1 is 1.27 bits per heavy atom. The first-order chi connectivity index (χ1) is 10.4. The number of hydrogen-bond donors (Lipinski definition) is 3. The first kappa shape index (κ1) is 15.8. The fraction of sp³-hybridized carbons (Fsp3) is 0.250. The Kier molecular flexibility index (Phi) is 4.60. The zero-order valence-corrected chi connectivity index (χ0v) is 12.3. The number of benzene rings is 1. The molecule has 116 valence electrons. The van der Waals surface area contributed by atoms with Gasteiger partial charge in [-0.2, -0.15) is 0 Å². The second-order valence-corrected chi connectivity index (χ2v) is 5.14. The summed E-state index contributed by atoms with van der Waals surface area (Å²) >= 11 is 0. The molecule has 1 aromatic heterocycles. The third kappa shape index (κ3) is 3.52. The third-order valence-corrected chi connectivity index (χ3v) is 3.43. The van der Waals surface area contributed by atoms with Crippen molar-refractivity contribution in [3.63, 3.8) is 0 Å². The molecule has 0 saturated heterocycles. The van der Waals surface area contributed by atoms with Crippen molar-refractivity contribution < 1.29 is 19.1 Å². The minimum atomic E-state index is -1.08. The zero-order valence-electron chi connectivity index (χ0n) is 12.3. The van der Waals surface area contributed by atoms with Crippen LogP contribution in [-0.4, -0.2) is 28.5 Å². The molecule has 6 heteroatoms. The van der Waals surface area contributed by atoms with E-state index in [2.05, 4.69) is 10.3 Å². The molecule has 3 N–H and O–H groups in total. The van der Waals surface area contributed by atoms with E-state index in [1.54, 1.807) is 13.0 Å². The molecule has 1 heterocycles. The summed E-state index contributed by atoms with van der Waals surface area (Å²) in [5.74, 6) is -2.77. The van der Waals surface area contributed by atoms with Gasteiger partial charge in [-0.05, 0) is 37.6 Å². The molecule has 1 amide bonds. The maximum absolute atomic E-state index is 12.9. The lowest BCUT2D eigenvalue weighted by Gasteiger charge is -2.14. The minimum absolute atomic E-state index is 0.0660. The van der Waals surface area contributed by atoms with Crippen LogP contribution in [0.5, 0.6) is 0 Å². The van der Waals surface area contributed by atoms with Crippen LogP contribution in [0.2, 0.25) is 0 Å². The predicted octanol–water partition coefficient (Wildman–Crippen LogP) is 2.37. The van der Waals surface area contributed by atoms with Crippen molar-refractivity contribution in [1.82, 2.24) is 10.3 Å². The SMILES string of the molecule is Cc1cc(C(=O)NCC(C(=O)O)c2ccc(F)cc2)c(C)[nH]1. The number of H-pyrrole nitrogens is 1. The van der Waals surface area contributed by atoms with Gasteiger partial charge in [0.25, 0.3) is 5.91 Å². The number of aliphatic carboxylic acids is 1. The van der Waals surface area contributed by atoms with Gasteiger partial charge in [0.2, 0.25) is 0 Å². The van der Waals surface area contributed by atoms with Crippen molar-refractivity contribution >= 4 is 11.9 Å². The van der Waals surface area contributed by atoms with Crippen LogP contribution in [0.3, 0.4) is 0 Å². The summed E-state index contributed by atoms with van der Waals surface area (Å²) in [5.41, 5.74) is 2.51. The second-order valence-electron chi connectivity index (χ2n) is 5.14. The summed E-state index contributed by atoms with van der Waals surface area (Å²) in [6, 6.07) is 6.93. The molecular weight excluding hydrogens is 287 g/mol. The highest BCUT2D eigenvalue weighted by molar-refractivity contribution is 5.96. The molecule has 0 aliphatic carbocycles. The summed E-state index contributed by atoms with van der Waals surface area (Å²) in [6.45, 7) is 3.54. The topological polar surface area (TPSA) is 82.2 Å². The number of carboxylic acids is 1. The van der Waals surface area contributed by atoms with E-state index in [0.29, 0.717) is 11.1 Å². The number of hydrogen-bond acceptors (Lipinski definition) is 2. The first-order valence-corrected chi connectivity index (χ1v) is 6.81. The lowest BCUT2D eigenvalue weighted by atomic mass is 9.99. The number of aryl methyl sites for hydroxylation is 2. The monoisotopic (exact) mass is 304 g/mol. The molecule has 0 saturated carbocycles. The third-order valence-electron chi connectivity index (χ3n) is 3.43. The molecular formula is C16H17FN2O3. The smallest absolute Gasteiger partial charge is 0.312 e. The predicted molar refractivity (Wildman–Crippen MR) is 79.4 cm³/mol. The Morgan fingerprint density at radius 3 is 2.41 bits per heavy atom. The van der Waals surface area contributed by atoms with E-state index >= 15 is 0 Å². The van der Waals surface area contributed by atoms with Crippen molar-refractivity contribution in [2.24, 2.45) is 0 Å². The molecule has 0 aliphatic rings. The molecule has 0 radical (unpaired) electrons. The van der Waals surface area contributed by atoms with Gasteiger partial charge in [0.1, 0.15) is 5.82 Å². The number of rotatable bonds is 5. The Labute approximate surface area is 127 Å². The Bertz CT molecular complexity index is 692. The van der Waals surface area contributed by atoms with Gasteiger partial charge in [0.15, 0.2) is 0 Å². The summed E-state index contributed by atoms with van der Waals surface area (Å²) in [4.78, 5) is 26.5. The van der Waals surface area contributed by atoms with Crippen molar-refractivity contribution in [1.29, 1.82) is 0 Å². The number of aromatic amines is 1. The summed E-state index contributed by atoms with van der Waals surface area (Å²) < 4.78 is 12.9. The molecule has 1 atom stereocenters. The summed E-state index contributed by atoms with van der Waals surface area (Å²) in [5, 5.41) is 11.9. The molecule has 0 spiro atoms. The van der Waals surface area contributed by atoms with E-state index in [-0.39, 0.29) is 12.5 Å². The Hall–Kier alpha value is -2.63. The number of carboxylic acid groups (broad SMARTS) is 1. The van der Waals surface area contributed by atoms with Crippen LogP contribution >= 0.6 is 0 Å². The minimum Gasteiger partial charge on any atom is -0.481 e. The fourth-order valence-corrected chi connectivity index (χ4v) is 2.29. The zero-order chi connectivity index (χ0) is 16.3. The maximum Gasteiger partial charge on any atom is 0.312 e. The molecule has 22 heavy (non-hydrogen) atoms. The van der Waals surface area contributed by atoms with Crippen LogP contribution in [0, 0.1) is 19.7 Å². The number of carbonyl (C=O) groups is 2. The van der Waals surface area contributed by atoms with Gasteiger partial charge >= 0.3 is 5.97 Å². The van der Waals surface area contributed by atoms with Crippen LogP contribution in [0.1, 0.15) is 33.2 Å². The number of aromatic nitrogens is 1. The van der Waals surface area contributed by atoms with Crippen LogP contribution in [0.25, 0.3) is 0 Å². The van der Waals surface area contributed by atoms with Gasteiger partial charge < -0.3 is 15.4 Å². The highest BCUT2D eigenvalue weighted by Crippen LogP contribution is 2.17. The average molecular weight is 304 g/mol. The van der Waals surface area contributed by atoms with Crippen LogP contribution < -0.4 is 5.32 Å². The highest BCUT2D eigenvalue weighted by atomic mass is 19.1. The van der Waals surface area contributed by atoms with Crippen LogP contribution in [0.15, 0.2) is 30.3 Å². The van der Waals surface area contributed by atoms with Crippen LogP contribution in [-0.2, 0) is 4.79 Å². The molecule has 0 aliphatic heterocycles. The van der Waals surface area contributed by atoms with E-state index in [1.165, 1.54) is 24.3 Å². The number of carbonyl (C=O) groups excluding carboxylic acids is 1. The second kappa shape index (κ2) is 6.43. The number of halogens is 1. The number of amides is 1. The van der Waals surface area contributed by atoms with Gasteiger partial charge in [0, 0.05) is 17.9 Å². The fourth-order valence-electron chi connectivity index (χ4n) is 2.29. The van der Waals surface area contributed by atoms with Gasteiger partial charge in [0.05, 0.1) is 11.5 Å². The average Bonchev–Trinajstić information content (AvgIpc) is 2.79. The van der Waals surface area contributed by atoms with E-state index in [1.807, 2.05) is 6.92 Å². The van der Waals surface area contributed by atoms with Crippen molar-refractivity contribution in [3.8, 4) is 0 Å². The van der Waals surface area contributed by atoms with Gasteiger partial charge in [-0.25, -0.2) is 4.39 Å². The summed E-state index contributed by atoms with van der Waals surface area (Å²) in [7, 11) is 0. The van der Waals surface area contributed by atoms with E-state index in [0.717, 1.165) is 11.4 Å². The van der Waals surface area contributed by atoms with E-state index < -0.39 is 17.7 Å². The molecule has 2 aromatic rings. The molecule has 1 unspecified atom stereocenters. The molecule has 5 nitrogen and oxygen atoms in total. The van der Waals surface area contributed by atoms with Gasteiger partial charge in [-0.15, -0.1) is 0 Å². The van der Waals surface area contributed by atoms with Crippen molar-refractivity contribution in [2.75, 3.05) is 6.54 Å². The van der Waals surface area contributed by atoms with E-state index in [9.17, 15) is 19.1 Å². The largest absolute Gasteiger partial charge is 0.481 e. The lowest BCUT2D eigenvalue weighted by molar-refractivity contribution is -0.138. The molecule has 2 rings (SSSR count). The van der Waals surface area contributed by atoms with Crippen molar-refractivity contribution in [3.05, 3.63) is 58.7 Å². The van der Waals surface area contributed by atoms with E-state index in [4.69, 9.17) is 0 Å². The maximum atomic E-state index is 12.9. The first-order valence-electron chi connectivity index (χ1n) is 6.81. The molecule has 0 fully saturated rings. The Morgan fingerprint density at radius 2 is 1.91 bits per heavy atom. The normalized spacial score (nSPS) is 12.0. The van der Waals surface area contributed by atoms with Crippen LogP contribution in [0.4, 0.5) is 4.39 Å².